The fraction of sp³-hybridized carbons (Fsp3) is 0.423. The lowest BCUT2D eigenvalue weighted by molar-refractivity contribution is -0.124. The fourth-order valence-electron chi connectivity index (χ4n) is 4.64. The Balaban J connectivity index is 1.39. The van der Waals surface area contributed by atoms with Gasteiger partial charge in [-0.05, 0) is 61.6 Å². The van der Waals surface area contributed by atoms with Crippen molar-refractivity contribution in [1.29, 1.82) is 0 Å². The number of aliphatic imine (C=N–C) groups is 1. The molecule has 0 bridgehead atoms. The van der Waals surface area contributed by atoms with Gasteiger partial charge in [-0.3, -0.25) is 14.9 Å². The molecule has 2 heterocycles. The summed E-state index contributed by atoms with van der Waals surface area (Å²) in [6.45, 7) is 2.38. The third-order valence-corrected chi connectivity index (χ3v) is 8.87. The van der Waals surface area contributed by atoms with Crippen LogP contribution in [-0.4, -0.2) is 80.9 Å². The van der Waals surface area contributed by atoms with Crippen LogP contribution in [0.4, 0.5) is 5.69 Å². The van der Waals surface area contributed by atoms with Gasteiger partial charge >= 0.3 is 0 Å². The summed E-state index contributed by atoms with van der Waals surface area (Å²) in [6, 6.07) is 15.0. The first-order chi connectivity index (χ1) is 17.0. The summed E-state index contributed by atoms with van der Waals surface area (Å²) in [5.41, 5.74) is 2.34. The van der Waals surface area contributed by atoms with Crippen molar-refractivity contribution in [3.05, 3.63) is 65.2 Å². The maximum absolute atomic E-state index is 13.1. The van der Waals surface area contributed by atoms with Crippen molar-refractivity contribution in [3.63, 3.8) is 0 Å². The summed E-state index contributed by atoms with van der Waals surface area (Å²) in [6.07, 6.45) is 1.03. The number of hydrogen-bond donors (Lipinski definition) is 1. The van der Waals surface area contributed by atoms with E-state index >= 15 is 0 Å². The number of hydrogen-bond acceptors (Lipinski definition) is 6. The van der Waals surface area contributed by atoms with Crippen LogP contribution in [0.15, 0.2) is 53.5 Å². The Morgan fingerprint density at radius 3 is 2.36 bits per heavy atom. The molecule has 0 saturated carbocycles. The van der Waals surface area contributed by atoms with Gasteiger partial charge in [0.1, 0.15) is 5.54 Å². The Hall–Kier alpha value is -3.24. The van der Waals surface area contributed by atoms with E-state index in [1.165, 1.54) is 9.21 Å². The first kappa shape index (κ1) is 25.8. The first-order valence-corrected chi connectivity index (χ1v) is 13.6. The molecular weight excluding hydrogens is 478 g/mol. The van der Waals surface area contributed by atoms with Gasteiger partial charge in [0.25, 0.3) is 11.8 Å². The zero-order valence-corrected chi connectivity index (χ0v) is 22.0. The molecule has 0 aliphatic carbocycles. The number of carbonyl (C=O) groups excluding carboxylic acids is 2. The van der Waals surface area contributed by atoms with Gasteiger partial charge < -0.3 is 9.80 Å². The molecule has 1 N–H and O–H groups in total. The van der Waals surface area contributed by atoms with E-state index in [9.17, 15) is 18.0 Å². The van der Waals surface area contributed by atoms with Crippen molar-refractivity contribution in [2.75, 3.05) is 44.9 Å². The summed E-state index contributed by atoms with van der Waals surface area (Å²) >= 11 is 0. The van der Waals surface area contributed by atoms with E-state index in [2.05, 4.69) is 5.32 Å². The second kappa shape index (κ2) is 10.0. The topological polar surface area (TPSA) is 102 Å². The zero-order chi connectivity index (χ0) is 26.1. The van der Waals surface area contributed by atoms with Crippen LogP contribution < -0.4 is 10.2 Å². The van der Waals surface area contributed by atoms with Gasteiger partial charge in [0.15, 0.2) is 0 Å². The van der Waals surface area contributed by atoms with Crippen LogP contribution in [-0.2, 0) is 21.2 Å². The number of rotatable bonds is 6. The molecule has 2 aliphatic heterocycles. The molecule has 2 aromatic carbocycles. The number of sulfonamides is 1. The molecule has 0 unspecified atom stereocenters. The molecule has 1 fully saturated rings. The molecule has 0 aromatic heterocycles. The SMILES string of the molecule is Cc1cc(C(=O)N(C)C)ccc1CCS(=O)(=O)N1CCC2(CC1)N=C(N(C)c1ccccc1)NC2=O. The van der Waals surface area contributed by atoms with Crippen LogP contribution in [0.2, 0.25) is 0 Å². The summed E-state index contributed by atoms with van der Waals surface area (Å²) < 4.78 is 27.7. The maximum Gasteiger partial charge on any atom is 0.254 e. The predicted molar refractivity (Wildman–Crippen MR) is 141 cm³/mol. The lowest BCUT2D eigenvalue weighted by atomic mass is 9.89. The number of benzene rings is 2. The molecule has 192 valence electrons. The van der Waals surface area contributed by atoms with Crippen molar-refractivity contribution >= 4 is 33.5 Å². The Morgan fingerprint density at radius 1 is 1.08 bits per heavy atom. The molecule has 0 atom stereocenters. The van der Waals surface area contributed by atoms with Crippen LogP contribution in [0.5, 0.6) is 0 Å². The molecular formula is C26H33N5O4S. The zero-order valence-electron chi connectivity index (χ0n) is 21.2. The lowest BCUT2D eigenvalue weighted by Gasteiger charge is -2.34. The fourth-order valence-corrected chi connectivity index (χ4v) is 6.12. The average Bonchev–Trinajstić information content (AvgIpc) is 3.18. The normalized spacial score (nSPS) is 17.6. The number of aryl methyl sites for hydroxylation is 2. The maximum atomic E-state index is 13.1. The van der Waals surface area contributed by atoms with E-state index in [0.29, 0.717) is 30.8 Å². The van der Waals surface area contributed by atoms with Gasteiger partial charge in [0.05, 0.1) is 5.75 Å². The van der Waals surface area contributed by atoms with Crippen LogP contribution in [0, 0.1) is 6.92 Å². The van der Waals surface area contributed by atoms with Gasteiger partial charge in [-0.1, -0.05) is 24.3 Å². The van der Waals surface area contributed by atoms with Crippen LogP contribution in [0.1, 0.15) is 34.3 Å². The monoisotopic (exact) mass is 511 g/mol. The number of piperidine rings is 1. The molecule has 36 heavy (non-hydrogen) atoms. The molecule has 1 saturated heterocycles. The smallest absolute Gasteiger partial charge is 0.254 e. The molecule has 4 rings (SSSR count). The summed E-state index contributed by atoms with van der Waals surface area (Å²) in [7, 11) is 1.73. The minimum absolute atomic E-state index is 0.0285. The summed E-state index contributed by atoms with van der Waals surface area (Å²) in [5, 5.41) is 2.88. The van der Waals surface area contributed by atoms with Gasteiger partial charge in [-0.15, -0.1) is 0 Å². The largest absolute Gasteiger partial charge is 0.345 e. The standard InChI is InChI=1S/C26H33N5O4S/c1-19-18-21(23(32)29(2)3)11-10-20(19)12-17-36(34,35)31-15-13-26(14-16-31)24(33)27-25(28-26)30(4)22-8-6-5-7-9-22/h5-11,18H,12-17H2,1-4H3,(H,27,28,33). The van der Waals surface area contributed by atoms with Crippen LogP contribution >= 0.6 is 0 Å². The predicted octanol–water partition coefficient (Wildman–Crippen LogP) is 2.03. The van der Waals surface area contributed by atoms with E-state index < -0.39 is 15.6 Å². The minimum atomic E-state index is -3.51. The van der Waals surface area contributed by atoms with Crippen LogP contribution in [0.25, 0.3) is 0 Å². The second-order valence-electron chi connectivity index (χ2n) is 9.62. The Labute approximate surface area is 212 Å². The van der Waals surface area contributed by atoms with Gasteiger partial charge in [0.2, 0.25) is 16.0 Å². The van der Waals surface area contributed by atoms with E-state index in [1.54, 1.807) is 26.2 Å². The number of nitrogens with zero attached hydrogens (tertiary/aromatic N) is 4. The molecule has 2 amide bonds. The molecule has 10 heteroatoms. The number of anilines is 1. The average molecular weight is 512 g/mol. The summed E-state index contributed by atoms with van der Waals surface area (Å²) in [4.78, 5) is 33.1. The van der Waals surface area contributed by atoms with Crippen molar-refractivity contribution < 1.29 is 18.0 Å². The molecule has 1 spiro atoms. The highest BCUT2D eigenvalue weighted by atomic mass is 32.2. The first-order valence-electron chi connectivity index (χ1n) is 12.0. The number of para-hydroxylation sites is 1. The molecule has 2 aromatic rings. The highest BCUT2D eigenvalue weighted by molar-refractivity contribution is 7.89. The summed E-state index contributed by atoms with van der Waals surface area (Å²) in [5.74, 6) is 0.185. The van der Waals surface area contributed by atoms with Crippen molar-refractivity contribution in [2.45, 2.75) is 31.7 Å². The van der Waals surface area contributed by atoms with Crippen molar-refractivity contribution in [2.24, 2.45) is 4.99 Å². The number of guanidine groups is 1. The lowest BCUT2D eigenvalue weighted by Crippen LogP contribution is -2.51. The molecule has 9 nitrogen and oxygen atoms in total. The Kier molecular flexibility index (Phi) is 7.19. The quantitative estimate of drug-likeness (QED) is 0.639. The Bertz CT molecular complexity index is 1280. The number of carbonyl (C=O) groups is 2. The third-order valence-electron chi connectivity index (χ3n) is 7.00. The minimum Gasteiger partial charge on any atom is -0.345 e. The van der Waals surface area contributed by atoms with Gasteiger partial charge in [-0.25, -0.2) is 17.7 Å². The second-order valence-corrected chi connectivity index (χ2v) is 11.7. The molecule has 0 radical (unpaired) electrons. The van der Waals surface area contributed by atoms with E-state index in [0.717, 1.165) is 16.8 Å². The number of nitrogens with one attached hydrogen (secondary N) is 1. The van der Waals surface area contributed by atoms with E-state index in [4.69, 9.17) is 4.99 Å². The third kappa shape index (κ3) is 5.15. The Morgan fingerprint density at radius 2 is 1.75 bits per heavy atom. The molecule has 2 aliphatic rings. The van der Waals surface area contributed by atoms with Crippen molar-refractivity contribution in [3.8, 4) is 0 Å². The number of amides is 2. The highest BCUT2D eigenvalue weighted by Crippen LogP contribution is 2.32. The van der Waals surface area contributed by atoms with Gasteiger partial charge in [-0.2, -0.15) is 0 Å². The van der Waals surface area contributed by atoms with Crippen molar-refractivity contribution in [1.82, 2.24) is 14.5 Å². The highest BCUT2D eigenvalue weighted by Gasteiger charge is 2.48. The van der Waals surface area contributed by atoms with E-state index in [1.807, 2.05) is 55.3 Å². The van der Waals surface area contributed by atoms with E-state index in [-0.39, 0.29) is 30.7 Å². The van der Waals surface area contributed by atoms with Crippen LogP contribution in [0.3, 0.4) is 0 Å². The van der Waals surface area contributed by atoms with Gasteiger partial charge in [0, 0.05) is 45.5 Å².